The lowest BCUT2D eigenvalue weighted by Gasteiger charge is -2.27. The minimum absolute atomic E-state index is 0.125. The summed E-state index contributed by atoms with van der Waals surface area (Å²) < 4.78 is 7.18. The molecule has 3 N–H and O–H groups in total. The molecular weight excluding hydrogens is 432 g/mol. The number of nitrogens with zero attached hydrogens (tertiary/aromatic N) is 1. The number of pyridine rings is 1. The average Bonchev–Trinajstić information content (AvgIpc) is 2.75. The normalized spacial score (nSPS) is 13.8. The van der Waals surface area contributed by atoms with Gasteiger partial charge in [-0.3, -0.25) is 9.59 Å². The maximum atomic E-state index is 13.3. The van der Waals surface area contributed by atoms with E-state index in [4.69, 9.17) is 4.74 Å². The summed E-state index contributed by atoms with van der Waals surface area (Å²) in [6, 6.07) is 11.3. The molecule has 2 rings (SSSR count). The zero-order valence-electron chi connectivity index (χ0n) is 20.9. The van der Waals surface area contributed by atoms with E-state index >= 15 is 0 Å². The van der Waals surface area contributed by atoms with Gasteiger partial charge in [0.2, 0.25) is 11.8 Å². The predicted octanol–water partition coefficient (Wildman–Crippen LogP) is 3.12. The van der Waals surface area contributed by atoms with Crippen LogP contribution in [0.3, 0.4) is 0 Å². The molecule has 8 nitrogen and oxygen atoms in total. The highest BCUT2D eigenvalue weighted by molar-refractivity contribution is 5.98. The van der Waals surface area contributed by atoms with E-state index in [1.165, 1.54) is 0 Å². The smallest absolute Gasteiger partial charge is 0.408 e. The number of ether oxygens (including phenoxy) is 1. The maximum Gasteiger partial charge on any atom is 0.408 e. The highest BCUT2D eigenvalue weighted by Crippen LogP contribution is 2.13. The number of carbonyl (C=O) groups excluding carboxylic acids is 3. The topological polar surface area (TPSA) is 100 Å². The molecule has 1 heterocycles. The number of alkyl carbamates (subject to hydrolysis) is 1. The number of hydrogen-bond donors (Lipinski definition) is 3. The first-order valence-electron chi connectivity index (χ1n) is 11.6. The van der Waals surface area contributed by atoms with Crippen LogP contribution in [0.5, 0.6) is 0 Å². The molecule has 0 radical (unpaired) electrons. The van der Waals surface area contributed by atoms with Crippen molar-refractivity contribution in [2.45, 2.75) is 65.1 Å². The van der Waals surface area contributed by atoms with E-state index in [1.807, 2.05) is 68.1 Å². The van der Waals surface area contributed by atoms with Crippen LogP contribution < -0.4 is 20.5 Å². The van der Waals surface area contributed by atoms with Crippen LogP contribution in [0.1, 0.15) is 46.6 Å². The summed E-state index contributed by atoms with van der Waals surface area (Å²) in [5.41, 5.74) is 0.799. The van der Waals surface area contributed by atoms with Gasteiger partial charge in [0.25, 0.3) is 0 Å². The zero-order valence-corrected chi connectivity index (χ0v) is 20.9. The van der Waals surface area contributed by atoms with Gasteiger partial charge in [-0.25, -0.2) is 9.36 Å². The molecule has 0 saturated heterocycles. The SMILES string of the molecule is CCC(C)C(NC(=O)C(Cc1ccccc1)NC(=O)OC(C)(C)C)C(=O)Nc1ccc[n+](C)c1. The van der Waals surface area contributed by atoms with Crippen molar-refractivity contribution in [3.05, 3.63) is 60.4 Å². The second-order valence-corrected chi connectivity index (χ2v) is 9.51. The third-order valence-corrected chi connectivity index (χ3v) is 5.29. The largest absolute Gasteiger partial charge is 0.444 e. The fraction of sp³-hybridized carbons (Fsp3) is 0.462. The predicted molar refractivity (Wildman–Crippen MR) is 131 cm³/mol. The van der Waals surface area contributed by atoms with Crippen molar-refractivity contribution in [1.29, 1.82) is 0 Å². The number of amides is 3. The Morgan fingerprint density at radius 2 is 1.68 bits per heavy atom. The molecule has 3 unspecified atom stereocenters. The average molecular weight is 470 g/mol. The zero-order chi connectivity index (χ0) is 25.3. The molecule has 0 aliphatic carbocycles. The van der Waals surface area contributed by atoms with Crippen LogP contribution in [0.25, 0.3) is 0 Å². The monoisotopic (exact) mass is 469 g/mol. The minimum Gasteiger partial charge on any atom is -0.444 e. The van der Waals surface area contributed by atoms with Crippen LogP contribution in [0, 0.1) is 5.92 Å². The summed E-state index contributed by atoms with van der Waals surface area (Å²) in [5.74, 6) is -0.890. The molecule has 0 bridgehead atoms. The molecule has 0 fully saturated rings. The summed E-state index contributed by atoms with van der Waals surface area (Å²) in [7, 11) is 1.86. The molecule has 3 amide bonds. The Morgan fingerprint density at radius 3 is 2.26 bits per heavy atom. The number of benzene rings is 1. The van der Waals surface area contributed by atoms with Crippen LogP contribution >= 0.6 is 0 Å². The molecule has 1 aromatic heterocycles. The van der Waals surface area contributed by atoms with Crippen molar-refractivity contribution in [3.8, 4) is 0 Å². The Bertz CT molecular complexity index is 972. The third kappa shape index (κ3) is 8.84. The Labute approximate surface area is 202 Å². The van der Waals surface area contributed by atoms with Crippen molar-refractivity contribution >= 4 is 23.6 Å². The number of carbonyl (C=O) groups is 3. The van der Waals surface area contributed by atoms with E-state index in [1.54, 1.807) is 33.0 Å². The number of rotatable bonds is 9. The lowest BCUT2D eigenvalue weighted by molar-refractivity contribution is -0.670. The quantitative estimate of drug-likeness (QED) is 0.491. The Morgan fingerprint density at radius 1 is 1.00 bits per heavy atom. The Hall–Kier alpha value is -3.42. The second kappa shape index (κ2) is 12.2. The van der Waals surface area contributed by atoms with Crippen molar-refractivity contribution in [2.75, 3.05) is 5.32 Å². The van der Waals surface area contributed by atoms with E-state index in [-0.39, 0.29) is 18.2 Å². The molecule has 2 aromatic rings. The molecular formula is C26H37N4O4+. The van der Waals surface area contributed by atoms with Gasteiger partial charge in [-0.2, -0.15) is 0 Å². The van der Waals surface area contributed by atoms with Crippen LogP contribution in [-0.2, 0) is 27.8 Å². The molecule has 3 atom stereocenters. The summed E-state index contributed by atoms with van der Waals surface area (Å²) in [6.45, 7) is 9.13. The van der Waals surface area contributed by atoms with Crippen molar-refractivity contribution in [3.63, 3.8) is 0 Å². The highest BCUT2D eigenvalue weighted by Gasteiger charge is 2.31. The van der Waals surface area contributed by atoms with Gasteiger partial charge in [-0.1, -0.05) is 50.6 Å². The molecule has 8 heteroatoms. The first-order chi connectivity index (χ1) is 16.0. The van der Waals surface area contributed by atoms with E-state index in [2.05, 4.69) is 16.0 Å². The summed E-state index contributed by atoms with van der Waals surface area (Å²) in [4.78, 5) is 38.9. The number of hydrogen-bond acceptors (Lipinski definition) is 4. The molecule has 1 aromatic carbocycles. The van der Waals surface area contributed by atoms with E-state index in [9.17, 15) is 14.4 Å². The van der Waals surface area contributed by atoms with Crippen LogP contribution in [0.4, 0.5) is 10.5 Å². The van der Waals surface area contributed by atoms with Gasteiger partial charge >= 0.3 is 6.09 Å². The van der Waals surface area contributed by atoms with Gasteiger partial charge in [-0.15, -0.1) is 0 Å². The summed E-state index contributed by atoms with van der Waals surface area (Å²) >= 11 is 0. The van der Waals surface area contributed by atoms with Gasteiger partial charge in [0.05, 0.1) is 0 Å². The first-order valence-corrected chi connectivity index (χ1v) is 11.6. The standard InChI is InChI=1S/C26H36N4O4/c1-7-18(2)22(24(32)27-20-14-11-15-30(6)17-20)29-23(31)21(16-19-12-9-8-10-13-19)28-25(33)34-26(3,4)5/h8-15,17-18,21-22H,7,16H2,1-6H3,(H2-,27,28,29,31,32,33)/p+1. The molecule has 0 aliphatic rings. The second-order valence-electron chi connectivity index (χ2n) is 9.51. The maximum absolute atomic E-state index is 13.3. The molecule has 0 aliphatic heterocycles. The minimum atomic E-state index is -0.911. The summed E-state index contributed by atoms with van der Waals surface area (Å²) in [5, 5.41) is 8.41. The number of aromatic nitrogens is 1. The number of aryl methyl sites for hydroxylation is 1. The lowest BCUT2D eigenvalue weighted by Crippen LogP contribution is -2.55. The Kier molecular flexibility index (Phi) is 9.59. The fourth-order valence-electron chi connectivity index (χ4n) is 3.35. The van der Waals surface area contributed by atoms with Crippen LogP contribution in [0.15, 0.2) is 54.9 Å². The van der Waals surface area contributed by atoms with Crippen LogP contribution in [0.2, 0.25) is 0 Å². The van der Waals surface area contributed by atoms with Crippen molar-refractivity contribution in [2.24, 2.45) is 13.0 Å². The molecule has 184 valence electrons. The summed E-state index contributed by atoms with van der Waals surface area (Å²) in [6.07, 6.45) is 3.90. The Balaban J connectivity index is 2.21. The van der Waals surface area contributed by atoms with Gasteiger partial charge < -0.3 is 20.7 Å². The fourth-order valence-corrected chi connectivity index (χ4v) is 3.35. The van der Waals surface area contributed by atoms with E-state index in [0.717, 1.165) is 5.56 Å². The van der Waals surface area contributed by atoms with Gasteiger partial charge in [0, 0.05) is 12.5 Å². The van der Waals surface area contributed by atoms with Gasteiger partial charge in [-0.05, 0) is 38.3 Å². The third-order valence-electron chi connectivity index (χ3n) is 5.29. The lowest BCUT2D eigenvalue weighted by atomic mass is 9.97. The molecule has 34 heavy (non-hydrogen) atoms. The number of nitrogens with one attached hydrogen (secondary N) is 3. The highest BCUT2D eigenvalue weighted by atomic mass is 16.6. The molecule has 0 spiro atoms. The number of anilines is 1. The first kappa shape index (κ1) is 26.8. The van der Waals surface area contributed by atoms with Crippen molar-refractivity contribution < 1.29 is 23.7 Å². The van der Waals surface area contributed by atoms with Crippen molar-refractivity contribution in [1.82, 2.24) is 10.6 Å². The van der Waals surface area contributed by atoms with E-state index < -0.39 is 29.7 Å². The van der Waals surface area contributed by atoms with E-state index in [0.29, 0.717) is 12.1 Å². The molecule has 0 saturated carbocycles. The van der Waals surface area contributed by atoms with Gasteiger partial charge in [0.15, 0.2) is 12.4 Å². The van der Waals surface area contributed by atoms with Crippen LogP contribution in [-0.4, -0.2) is 35.6 Å². The van der Waals surface area contributed by atoms with Gasteiger partial charge in [0.1, 0.15) is 30.4 Å².